The number of hydrogen-bond acceptors (Lipinski definition) is 4. The van der Waals surface area contributed by atoms with Gasteiger partial charge in [-0.25, -0.2) is 8.42 Å². The Labute approximate surface area is 204 Å². The Morgan fingerprint density at radius 1 is 0.939 bits per heavy atom. The van der Waals surface area contributed by atoms with E-state index >= 15 is 0 Å². The second-order valence-corrected chi connectivity index (χ2v) is 10.2. The maximum Gasteiger partial charge on any atom is 0.243 e. The van der Waals surface area contributed by atoms with E-state index in [4.69, 9.17) is 27.9 Å². The lowest BCUT2D eigenvalue weighted by Gasteiger charge is -2.22. The Kier molecular flexibility index (Phi) is 8.37. The number of carbonyl (C=O) groups is 1. The number of amides is 1. The summed E-state index contributed by atoms with van der Waals surface area (Å²) in [6.45, 7) is 1.74. The van der Waals surface area contributed by atoms with Gasteiger partial charge in [0.05, 0.1) is 28.6 Å². The maximum atomic E-state index is 13.4. The quantitative estimate of drug-likeness (QED) is 0.451. The molecule has 174 valence electrons. The number of nitrogens with zero attached hydrogens (tertiary/aromatic N) is 1. The summed E-state index contributed by atoms with van der Waals surface area (Å²) in [6, 6.07) is 18.6. The molecule has 0 radical (unpaired) electrons. The number of hydrogen-bond donors (Lipinski definition) is 1. The van der Waals surface area contributed by atoms with Crippen molar-refractivity contribution in [2.75, 3.05) is 13.7 Å². The van der Waals surface area contributed by atoms with Crippen LogP contribution in [0.15, 0.2) is 71.6 Å². The molecule has 3 aromatic rings. The van der Waals surface area contributed by atoms with E-state index in [1.807, 2.05) is 19.1 Å². The Hall–Kier alpha value is -2.58. The predicted octanol–water partition coefficient (Wildman–Crippen LogP) is 4.82. The third kappa shape index (κ3) is 6.71. The second kappa shape index (κ2) is 11.0. The lowest BCUT2D eigenvalue weighted by Crippen LogP contribution is -2.40. The summed E-state index contributed by atoms with van der Waals surface area (Å²) in [6.07, 6.45) is 0. The third-order valence-electron chi connectivity index (χ3n) is 4.97. The van der Waals surface area contributed by atoms with Crippen molar-refractivity contribution >= 4 is 39.1 Å². The normalized spacial score (nSPS) is 11.4. The molecule has 33 heavy (non-hydrogen) atoms. The van der Waals surface area contributed by atoms with Gasteiger partial charge in [-0.15, -0.1) is 0 Å². The van der Waals surface area contributed by atoms with Crippen LogP contribution in [0.25, 0.3) is 0 Å². The molecule has 0 aromatic heterocycles. The van der Waals surface area contributed by atoms with Gasteiger partial charge < -0.3 is 10.1 Å². The fourth-order valence-corrected chi connectivity index (χ4v) is 4.79. The summed E-state index contributed by atoms with van der Waals surface area (Å²) in [7, 11) is -2.37. The second-order valence-electron chi connectivity index (χ2n) is 7.46. The number of nitrogens with one attached hydrogen (secondary N) is 1. The van der Waals surface area contributed by atoms with Crippen LogP contribution in [0.1, 0.15) is 16.7 Å². The van der Waals surface area contributed by atoms with Crippen molar-refractivity contribution in [3.63, 3.8) is 0 Å². The van der Waals surface area contributed by atoms with Gasteiger partial charge >= 0.3 is 0 Å². The molecule has 1 amide bonds. The van der Waals surface area contributed by atoms with Crippen molar-refractivity contribution < 1.29 is 17.9 Å². The summed E-state index contributed by atoms with van der Waals surface area (Å²) in [5.41, 5.74) is 2.41. The number of ether oxygens (including phenoxy) is 1. The van der Waals surface area contributed by atoms with E-state index in [1.165, 1.54) is 12.1 Å². The molecule has 0 fully saturated rings. The Morgan fingerprint density at radius 2 is 1.58 bits per heavy atom. The van der Waals surface area contributed by atoms with Gasteiger partial charge in [-0.05, 0) is 54.4 Å². The van der Waals surface area contributed by atoms with Gasteiger partial charge in [0.2, 0.25) is 15.9 Å². The molecule has 9 heteroatoms. The van der Waals surface area contributed by atoms with E-state index in [0.29, 0.717) is 21.4 Å². The SMILES string of the molecule is COc1ccc(CNC(=O)CN(Cc2ccc(Cl)c(Cl)c2)S(=O)(=O)c2ccc(C)cc2)cc1. The highest BCUT2D eigenvalue weighted by Crippen LogP contribution is 2.25. The summed E-state index contributed by atoms with van der Waals surface area (Å²) in [5.74, 6) is 0.281. The van der Waals surface area contributed by atoms with Crippen molar-refractivity contribution in [3.05, 3.63) is 93.5 Å². The van der Waals surface area contributed by atoms with Crippen molar-refractivity contribution in [1.82, 2.24) is 9.62 Å². The highest BCUT2D eigenvalue weighted by Gasteiger charge is 2.27. The molecule has 3 aromatic carbocycles. The number of halogens is 2. The third-order valence-corrected chi connectivity index (χ3v) is 7.52. The summed E-state index contributed by atoms with van der Waals surface area (Å²) in [5, 5.41) is 3.45. The molecule has 0 spiro atoms. The smallest absolute Gasteiger partial charge is 0.243 e. The Balaban J connectivity index is 1.79. The fraction of sp³-hybridized carbons (Fsp3) is 0.208. The van der Waals surface area contributed by atoms with E-state index in [2.05, 4.69) is 5.32 Å². The Bertz CT molecular complexity index is 1210. The topological polar surface area (TPSA) is 75.7 Å². The Morgan fingerprint density at radius 3 is 2.18 bits per heavy atom. The van der Waals surface area contributed by atoms with Crippen molar-refractivity contribution in [3.8, 4) is 5.75 Å². The molecule has 0 aliphatic rings. The molecule has 0 saturated carbocycles. The van der Waals surface area contributed by atoms with Crippen LogP contribution in [-0.4, -0.2) is 32.3 Å². The fourth-order valence-electron chi connectivity index (χ4n) is 3.09. The molecule has 0 aliphatic carbocycles. The van der Waals surface area contributed by atoms with Gasteiger partial charge in [-0.2, -0.15) is 4.31 Å². The lowest BCUT2D eigenvalue weighted by atomic mass is 10.2. The van der Waals surface area contributed by atoms with E-state index < -0.39 is 15.9 Å². The molecule has 1 N–H and O–H groups in total. The van der Waals surface area contributed by atoms with Gasteiger partial charge in [0.1, 0.15) is 5.75 Å². The van der Waals surface area contributed by atoms with Crippen molar-refractivity contribution in [2.24, 2.45) is 0 Å². The zero-order valence-electron chi connectivity index (χ0n) is 18.2. The summed E-state index contributed by atoms with van der Waals surface area (Å²) in [4.78, 5) is 12.8. The van der Waals surface area contributed by atoms with E-state index in [-0.39, 0.29) is 24.5 Å². The van der Waals surface area contributed by atoms with E-state index in [1.54, 1.807) is 49.6 Å². The van der Waals surface area contributed by atoms with Crippen LogP contribution in [-0.2, 0) is 27.9 Å². The van der Waals surface area contributed by atoms with Gasteiger partial charge in [-0.1, -0.05) is 59.1 Å². The number of aryl methyl sites for hydroxylation is 1. The highest BCUT2D eigenvalue weighted by molar-refractivity contribution is 7.89. The van der Waals surface area contributed by atoms with Crippen LogP contribution in [0.5, 0.6) is 5.75 Å². The molecular formula is C24H24Cl2N2O4S. The van der Waals surface area contributed by atoms with Gasteiger partial charge in [0.15, 0.2) is 0 Å². The van der Waals surface area contributed by atoms with Crippen molar-refractivity contribution in [2.45, 2.75) is 24.9 Å². The van der Waals surface area contributed by atoms with Crippen molar-refractivity contribution in [1.29, 1.82) is 0 Å². The minimum Gasteiger partial charge on any atom is -0.497 e. The molecule has 0 aliphatic heterocycles. The highest BCUT2D eigenvalue weighted by atomic mass is 35.5. The van der Waals surface area contributed by atoms with E-state index in [9.17, 15) is 13.2 Å². The minimum atomic E-state index is -3.95. The number of sulfonamides is 1. The van der Waals surface area contributed by atoms with Gasteiger partial charge in [0.25, 0.3) is 0 Å². The van der Waals surface area contributed by atoms with Crippen LogP contribution in [0.4, 0.5) is 0 Å². The molecule has 0 bridgehead atoms. The molecule has 3 rings (SSSR count). The monoisotopic (exact) mass is 506 g/mol. The number of rotatable bonds is 9. The van der Waals surface area contributed by atoms with Crippen LogP contribution in [0.3, 0.4) is 0 Å². The standard InChI is InChI=1S/C24H24Cl2N2O4S/c1-17-3-10-21(11-4-17)33(30,31)28(15-19-7-12-22(25)23(26)13-19)16-24(29)27-14-18-5-8-20(32-2)9-6-18/h3-13H,14-16H2,1-2H3,(H,27,29). The first-order valence-corrected chi connectivity index (χ1v) is 12.3. The average Bonchev–Trinajstić information content (AvgIpc) is 2.80. The average molecular weight is 507 g/mol. The first kappa shape index (κ1) is 25.1. The molecule has 0 heterocycles. The van der Waals surface area contributed by atoms with Crippen LogP contribution >= 0.6 is 23.2 Å². The van der Waals surface area contributed by atoms with E-state index in [0.717, 1.165) is 15.4 Å². The molecule has 0 unspecified atom stereocenters. The number of methoxy groups -OCH3 is 1. The number of benzene rings is 3. The first-order valence-electron chi connectivity index (χ1n) is 10.1. The number of carbonyl (C=O) groups excluding carboxylic acids is 1. The van der Waals surface area contributed by atoms with Gasteiger partial charge in [-0.3, -0.25) is 4.79 Å². The van der Waals surface area contributed by atoms with Crippen LogP contribution in [0.2, 0.25) is 10.0 Å². The lowest BCUT2D eigenvalue weighted by molar-refractivity contribution is -0.121. The predicted molar refractivity (Wildman–Crippen MR) is 130 cm³/mol. The molecule has 0 saturated heterocycles. The minimum absolute atomic E-state index is 0.0386. The first-order chi connectivity index (χ1) is 15.7. The van der Waals surface area contributed by atoms with Crippen LogP contribution in [0, 0.1) is 6.92 Å². The summed E-state index contributed by atoms with van der Waals surface area (Å²) >= 11 is 12.1. The van der Waals surface area contributed by atoms with Crippen LogP contribution < -0.4 is 10.1 Å². The maximum absolute atomic E-state index is 13.4. The molecule has 6 nitrogen and oxygen atoms in total. The zero-order valence-corrected chi connectivity index (χ0v) is 20.5. The zero-order chi connectivity index (χ0) is 24.0. The van der Waals surface area contributed by atoms with Gasteiger partial charge in [0, 0.05) is 13.1 Å². The molecular weight excluding hydrogens is 483 g/mol. The largest absolute Gasteiger partial charge is 0.497 e. The summed E-state index contributed by atoms with van der Waals surface area (Å²) < 4.78 is 33.0. The molecule has 0 atom stereocenters.